The third-order valence-electron chi connectivity index (χ3n) is 20.5. The number of primary amides is 2. The first-order chi connectivity index (χ1) is 43.1. The van der Waals surface area contributed by atoms with Gasteiger partial charge in [-0.25, -0.2) is 22.8 Å². The summed E-state index contributed by atoms with van der Waals surface area (Å²) in [6.45, 7) is 2.89. The first-order valence-corrected chi connectivity index (χ1v) is 33.5. The van der Waals surface area contributed by atoms with E-state index in [9.17, 15) is 63.5 Å². The van der Waals surface area contributed by atoms with Gasteiger partial charge in [0.1, 0.15) is 26.2 Å². The monoisotopic (exact) mass is 1320 g/mol. The summed E-state index contributed by atoms with van der Waals surface area (Å²) in [5.41, 5.74) is 11.4. The molecular formula is C65H94F6N12O8S. The van der Waals surface area contributed by atoms with Crippen LogP contribution in [0.4, 0.5) is 40.7 Å². The SMILES string of the molecule is CC.CN(C)C1(c2ccccc2)CCC2(CC1)CN(CC(=O)N1CCS(=O)(=O)CC1)C(=O)N2.CN(C)C1(c2ccccc2)CCC2(CC1)CN(CC(N)=O)C(=O)N2CC(F)(F)F.CN(C)C1(c2ccccc2)CCC2(CC1)CN(CC(N)=O)C(=O)N2CCC(F)(F)F. The summed E-state index contributed by atoms with van der Waals surface area (Å²) < 4.78 is 102. The standard InChI is InChI=1S/C22H32N4O4S.C21H29F3N4O2.C20H27F3N4O2.C2H6/c1-24(2)22(18-6-4-3-5-7-18)10-8-21(9-11-22)17-26(20(28)23-21)16-19(27)25-12-14-31(29,30)15-13-25;1-26(2)20(16-6-4-3-5-7-16)10-8-19(9-11-20)15-27(14-17(25)29)18(30)28(19)13-12-21(22,23)24;1-25(2)19(15-6-4-3-5-7-15)10-8-18(9-11-19)13-26(12-16(24)28)17(29)27(18)14-20(21,22)23;1-2/h3-7H,8-17H2,1-2H3,(H,23,28);3-7H,8-15H2,1-2H3,(H2,25,29);3-7H,8-14H2,1-2H3,(H2,24,28);1-2H3. The minimum atomic E-state index is -4.51. The number of alkyl halides is 6. The van der Waals surface area contributed by atoms with E-state index >= 15 is 0 Å². The lowest BCUT2D eigenvalue weighted by atomic mass is 9.68. The molecule has 0 aromatic heterocycles. The van der Waals surface area contributed by atoms with Gasteiger partial charge in [0.05, 0.1) is 34.5 Å². The second kappa shape index (κ2) is 28.9. The Morgan fingerprint density at radius 2 is 0.870 bits per heavy atom. The number of halogens is 6. The van der Waals surface area contributed by atoms with E-state index in [0.717, 1.165) is 46.6 Å². The molecule has 7 aliphatic rings. The number of carbonyl (C=O) groups excluding carboxylic acids is 6. The van der Waals surface area contributed by atoms with Crippen molar-refractivity contribution in [3.63, 3.8) is 0 Å². The zero-order chi connectivity index (χ0) is 67.9. The van der Waals surface area contributed by atoms with Crippen LogP contribution in [0.15, 0.2) is 91.0 Å². The van der Waals surface area contributed by atoms with Gasteiger partial charge in [0.25, 0.3) is 0 Å². The average Bonchev–Trinajstić information content (AvgIpc) is 1.84. The van der Waals surface area contributed by atoms with E-state index in [1.807, 2.05) is 96.6 Å². The average molecular weight is 1320 g/mol. The van der Waals surface area contributed by atoms with E-state index in [2.05, 4.69) is 70.5 Å². The summed E-state index contributed by atoms with van der Waals surface area (Å²) in [7, 11) is 9.14. The highest BCUT2D eigenvalue weighted by Crippen LogP contribution is 2.52. The van der Waals surface area contributed by atoms with Crippen LogP contribution in [0.3, 0.4) is 0 Å². The molecule has 510 valence electrons. The fraction of sp³-hybridized carbons (Fsp3) is 0.631. The molecule has 20 nitrogen and oxygen atoms in total. The van der Waals surface area contributed by atoms with Crippen LogP contribution in [0.1, 0.15) is 114 Å². The zero-order valence-corrected chi connectivity index (χ0v) is 55.3. The summed E-state index contributed by atoms with van der Waals surface area (Å²) in [6.07, 6.45) is -1.84. The second-order valence-electron chi connectivity index (χ2n) is 26.4. The van der Waals surface area contributed by atoms with E-state index in [4.69, 9.17) is 11.5 Å². The Morgan fingerprint density at radius 1 is 0.511 bits per heavy atom. The molecular weight excluding hydrogens is 1220 g/mol. The smallest absolute Gasteiger partial charge is 0.368 e. The maximum absolute atomic E-state index is 13.2. The molecule has 10 rings (SSSR count). The third-order valence-corrected chi connectivity index (χ3v) is 22.1. The highest BCUT2D eigenvalue weighted by Gasteiger charge is 2.58. The molecule has 0 radical (unpaired) electrons. The summed E-state index contributed by atoms with van der Waals surface area (Å²) in [5, 5.41) is 3.17. The van der Waals surface area contributed by atoms with Crippen molar-refractivity contribution in [3.05, 3.63) is 108 Å². The van der Waals surface area contributed by atoms with E-state index in [0.29, 0.717) is 57.9 Å². The Balaban J connectivity index is 0.000000193. The van der Waals surface area contributed by atoms with E-state index in [1.165, 1.54) is 15.4 Å². The van der Waals surface area contributed by atoms with Crippen LogP contribution < -0.4 is 16.8 Å². The largest absolute Gasteiger partial charge is 0.406 e. The molecule has 3 aromatic rings. The van der Waals surface area contributed by atoms with Gasteiger partial charge >= 0.3 is 30.4 Å². The molecule has 3 aliphatic carbocycles. The summed E-state index contributed by atoms with van der Waals surface area (Å²) in [6, 6.07) is 29.0. The molecule has 4 heterocycles. The van der Waals surface area contributed by atoms with Gasteiger partial charge in [-0.05, 0) is 136 Å². The molecule has 7 fully saturated rings. The van der Waals surface area contributed by atoms with Crippen molar-refractivity contribution in [1.82, 2.24) is 49.4 Å². The number of hydrogen-bond acceptors (Lipinski definition) is 11. The van der Waals surface area contributed by atoms with Crippen molar-refractivity contribution in [3.8, 4) is 0 Å². The number of nitrogens with zero attached hydrogens (tertiary/aromatic N) is 9. The van der Waals surface area contributed by atoms with Crippen LogP contribution >= 0.6 is 0 Å². The van der Waals surface area contributed by atoms with Gasteiger partial charge in [-0.3, -0.25) is 29.1 Å². The molecule has 4 saturated heterocycles. The number of carbonyl (C=O) groups is 6. The molecule has 0 unspecified atom stereocenters. The molecule has 27 heteroatoms. The molecule has 92 heavy (non-hydrogen) atoms. The minimum Gasteiger partial charge on any atom is -0.368 e. The molecule has 0 bridgehead atoms. The fourth-order valence-electron chi connectivity index (χ4n) is 15.3. The Morgan fingerprint density at radius 3 is 1.22 bits per heavy atom. The number of urea groups is 3. The van der Waals surface area contributed by atoms with Crippen LogP contribution in [-0.4, -0.2) is 237 Å². The maximum Gasteiger partial charge on any atom is 0.406 e. The minimum absolute atomic E-state index is 0.000970. The molecule has 5 N–H and O–H groups in total. The molecule has 3 saturated carbocycles. The van der Waals surface area contributed by atoms with Crippen LogP contribution in [0.5, 0.6) is 0 Å². The Bertz CT molecular complexity index is 3120. The predicted octanol–water partition coefficient (Wildman–Crippen LogP) is 7.54. The Hall–Kier alpha value is -6.71. The Labute approximate surface area is 537 Å². The van der Waals surface area contributed by atoms with Gasteiger partial charge in [-0.1, -0.05) is 105 Å². The highest BCUT2D eigenvalue weighted by molar-refractivity contribution is 7.91. The van der Waals surface area contributed by atoms with Crippen LogP contribution in [-0.2, 0) is 40.8 Å². The van der Waals surface area contributed by atoms with Crippen molar-refractivity contribution in [2.45, 2.75) is 143 Å². The molecule has 0 atom stereocenters. The van der Waals surface area contributed by atoms with E-state index in [-0.39, 0.29) is 91.4 Å². The first-order valence-electron chi connectivity index (χ1n) is 31.7. The lowest BCUT2D eigenvalue weighted by Crippen LogP contribution is -2.57. The van der Waals surface area contributed by atoms with Gasteiger partial charge in [0.2, 0.25) is 17.7 Å². The first kappa shape index (κ1) is 72.7. The quantitative estimate of drug-likeness (QED) is 0.126. The van der Waals surface area contributed by atoms with Crippen molar-refractivity contribution < 1.29 is 63.5 Å². The summed E-state index contributed by atoms with van der Waals surface area (Å²) >= 11 is 0. The van der Waals surface area contributed by atoms with Crippen molar-refractivity contribution in [2.24, 2.45) is 11.5 Å². The zero-order valence-electron chi connectivity index (χ0n) is 54.5. The fourth-order valence-corrected chi connectivity index (χ4v) is 16.5. The van der Waals surface area contributed by atoms with Crippen LogP contribution in [0.2, 0.25) is 0 Å². The topological polar surface area (TPSA) is 230 Å². The number of sulfone groups is 1. The van der Waals surface area contributed by atoms with Crippen molar-refractivity contribution in [1.29, 1.82) is 0 Å². The van der Waals surface area contributed by atoms with Crippen molar-refractivity contribution in [2.75, 3.05) is 119 Å². The van der Waals surface area contributed by atoms with Crippen molar-refractivity contribution >= 4 is 45.7 Å². The normalized spacial score (nSPS) is 28.1. The lowest BCUT2D eigenvalue weighted by molar-refractivity contribution is -0.150. The molecule has 3 aromatic carbocycles. The number of rotatable bonds is 15. The Kier molecular flexibility index (Phi) is 22.8. The molecule has 9 amide bonds. The number of nitrogens with one attached hydrogen (secondary N) is 1. The third kappa shape index (κ3) is 16.3. The maximum atomic E-state index is 13.2. The van der Waals surface area contributed by atoms with E-state index in [1.54, 1.807) is 9.80 Å². The predicted molar refractivity (Wildman–Crippen MR) is 338 cm³/mol. The summed E-state index contributed by atoms with van der Waals surface area (Å²) in [5.74, 6) is -1.57. The van der Waals surface area contributed by atoms with Gasteiger partial charge in [0, 0.05) is 55.9 Å². The highest BCUT2D eigenvalue weighted by atomic mass is 32.2. The summed E-state index contributed by atoms with van der Waals surface area (Å²) in [4.78, 5) is 88.0. The van der Waals surface area contributed by atoms with Gasteiger partial charge in [-0.2, -0.15) is 26.3 Å². The van der Waals surface area contributed by atoms with Crippen LogP contribution in [0.25, 0.3) is 0 Å². The molecule has 4 aliphatic heterocycles. The van der Waals surface area contributed by atoms with Crippen LogP contribution in [0, 0.1) is 0 Å². The molecule has 3 spiro atoms. The number of hydrogen-bond donors (Lipinski definition) is 3. The number of benzene rings is 3. The van der Waals surface area contributed by atoms with Gasteiger partial charge in [0.15, 0.2) is 9.84 Å². The van der Waals surface area contributed by atoms with Gasteiger partial charge in [-0.15, -0.1) is 0 Å². The van der Waals surface area contributed by atoms with E-state index < -0.39 is 76.7 Å². The van der Waals surface area contributed by atoms with Gasteiger partial charge < -0.3 is 46.2 Å². The number of amides is 9. The lowest BCUT2D eigenvalue weighted by Gasteiger charge is -2.51. The second-order valence-corrected chi connectivity index (χ2v) is 28.7. The number of nitrogens with two attached hydrogens (primary N) is 2.